The highest BCUT2D eigenvalue weighted by Crippen LogP contribution is 2.35. The van der Waals surface area contributed by atoms with Crippen LogP contribution >= 0.6 is 0 Å². The topological polar surface area (TPSA) is 125 Å². The van der Waals surface area contributed by atoms with Crippen LogP contribution in [0.5, 0.6) is 11.5 Å². The lowest BCUT2D eigenvalue weighted by Gasteiger charge is -2.12. The Bertz CT molecular complexity index is 518. The number of carboxylic acid groups (broad SMARTS) is 1. The normalized spacial score (nSPS) is 10.2. The Balaban J connectivity index is 2.93. The summed E-state index contributed by atoms with van der Waals surface area (Å²) in [5.41, 5.74) is 5.82. The molecule has 0 saturated carbocycles. The molecule has 0 saturated heterocycles. The first-order valence-electron chi connectivity index (χ1n) is 6.39. The van der Waals surface area contributed by atoms with Crippen molar-refractivity contribution in [1.29, 1.82) is 0 Å². The van der Waals surface area contributed by atoms with Gasteiger partial charge in [0.15, 0.2) is 11.5 Å². The van der Waals surface area contributed by atoms with Crippen molar-refractivity contribution in [2.45, 2.75) is 19.3 Å². The standard InChI is InChI=1S/C13H18N2O6/c1-20-11-7-9(4-5-14)10(15(18)19)8-12(11)21-6-2-3-13(16)17/h7-8H,2-6,14H2,1H3,(H,16,17). The van der Waals surface area contributed by atoms with Crippen molar-refractivity contribution in [3.8, 4) is 11.5 Å². The van der Waals surface area contributed by atoms with Crippen LogP contribution < -0.4 is 15.2 Å². The van der Waals surface area contributed by atoms with Gasteiger partial charge in [-0.3, -0.25) is 14.9 Å². The molecule has 0 bridgehead atoms. The molecule has 0 spiro atoms. The number of methoxy groups -OCH3 is 1. The molecule has 1 rings (SSSR count). The fourth-order valence-corrected chi connectivity index (χ4v) is 1.79. The van der Waals surface area contributed by atoms with E-state index in [2.05, 4.69) is 0 Å². The van der Waals surface area contributed by atoms with Crippen molar-refractivity contribution in [2.75, 3.05) is 20.3 Å². The first-order chi connectivity index (χ1) is 9.99. The summed E-state index contributed by atoms with van der Waals surface area (Å²) in [6.45, 7) is 0.416. The summed E-state index contributed by atoms with van der Waals surface area (Å²) in [7, 11) is 1.43. The van der Waals surface area contributed by atoms with Gasteiger partial charge in [-0.05, 0) is 25.5 Å². The second kappa shape index (κ2) is 8.05. The summed E-state index contributed by atoms with van der Waals surface area (Å²) in [6, 6.07) is 2.81. The van der Waals surface area contributed by atoms with E-state index in [1.807, 2.05) is 0 Å². The average Bonchev–Trinajstić information content (AvgIpc) is 2.43. The zero-order chi connectivity index (χ0) is 15.8. The van der Waals surface area contributed by atoms with Crippen LogP contribution in [0.25, 0.3) is 0 Å². The van der Waals surface area contributed by atoms with Gasteiger partial charge < -0.3 is 20.3 Å². The number of nitro benzene ring substituents is 1. The van der Waals surface area contributed by atoms with Gasteiger partial charge in [0, 0.05) is 12.0 Å². The maximum Gasteiger partial charge on any atom is 0.303 e. The minimum absolute atomic E-state index is 0.0321. The van der Waals surface area contributed by atoms with Gasteiger partial charge in [0.05, 0.1) is 24.7 Å². The number of nitrogens with two attached hydrogens (primary N) is 1. The monoisotopic (exact) mass is 298 g/mol. The number of nitrogens with zero attached hydrogens (tertiary/aromatic N) is 1. The van der Waals surface area contributed by atoms with Crippen molar-refractivity contribution < 1.29 is 24.3 Å². The molecule has 0 aliphatic carbocycles. The van der Waals surface area contributed by atoms with Crippen molar-refractivity contribution in [3.05, 3.63) is 27.8 Å². The lowest BCUT2D eigenvalue weighted by atomic mass is 10.1. The molecule has 0 aliphatic rings. The zero-order valence-corrected chi connectivity index (χ0v) is 11.7. The number of aliphatic carboxylic acids is 1. The molecule has 0 fully saturated rings. The smallest absolute Gasteiger partial charge is 0.303 e. The van der Waals surface area contributed by atoms with Crippen LogP contribution in [0.15, 0.2) is 12.1 Å². The molecule has 8 heteroatoms. The van der Waals surface area contributed by atoms with Crippen LogP contribution in [0.1, 0.15) is 18.4 Å². The molecule has 1 aromatic rings. The van der Waals surface area contributed by atoms with E-state index in [4.69, 9.17) is 20.3 Å². The van der Waals surface area contributed by atoms with Gasteiger partial charge in [-0.1, -0.05) is 0 Å². The van der Waals surface area contributed by atoms with Gasteiger partial charge in [0.25, 0.3) is 5.69 Å². The fraction of sp³-hybridized carbons (Fsp3) is 0.462. The van der Waals surface area contributed by atoms with E-state index in [-0.39, 0.29) is 31.0 Å². The molecule has 1 aromatic carbocycles. The van der Waals surface area contributed by atoms with Crippen LogP contribution in [-0.4, -0.2) is 36.3 Å². The average molecular weight is 298 g/mol. The number of carbonyl (C=O) groups is 1. The van der Waals surface area contributed by atoms with Gasteiger partial charge >= 0.3 is 5.97 Å². The van der Waals surface area contributed by atoms with Gasteiger partial charge in [0.2, 0.25) is 0 Å². The van der Waals surface area contributed by atoms with Crippen LogP contribution in [0, 0.1) is 10.1 Å². The summed E-state index contributed by atoms with van der Waals surface area (Å²) in [6.07, 6.45) is 0.623. The first kappa shape index (κ1) is 16.7. The van der Waals surface area contributed by atoms with Gasteiger partial charge in [-0.25, -0.2) is 0 Å². The van der Waals surface area contributed by atoms with E-state index in [0.29, 0.717) is 24.2 Å². The molecule has 3 N–H and O–H groups in total. The number of carboxylic acids is 1. The predicted molar refractivity (Wildman–Crippen MR) is 74.8 cm³/mol. The Morgan fingerprint density at radius 3 is 2.67 bits per heavy atom. The number of hydrogen-bond donors (Lipinski definition) is 2. The van der Waals surface area contributed by atoms with E-state index in [0.717, 1.165) is 0 Å². The predicted octanol–water partition coefficient (Wildman–Crippen LogP) is 1.35. The van der Waals surface area contributed by atoms with E-state index in [1.54, 1.807) is 0 Å². The highest BCUT2D eigenvalue weighted by atomic mass is 16.6. The van der Waals surface area contributed by atoms with E-state index < -0.39 is 10.9 Å². The Morgan fingerprint density at radius 1 is 1.43 bits per heavy atom. The molecule has 0 atom stereocenters. The van der Waals surface area contributed by atoms with Crippen molar-refractivity contribution >= 4 is 11.7 Å². The zero-order valence-electron chi connectivity index (χ0n) is 11.7. The molecule has 0 aliphatic heterocycles. The molecule has 116 valence electrons. The van der Waals surface area contributed by atoms with Gasteiger partial charge in [-0.15, -0.1) is 0 Å². The van der Waals surface area contributed by atoms with Gasteiger partial charge in [0.1, 0.15) is 0 Å². The quantitative estimate of drug-likeness (QED) is 0.400. The number of ether oxygens (including phenoxy) is 2. The Morgan fingerprint density at radius 2 is 2.14 bits per heavy atom. The molecule has 8 nitrogen and oxygen atoms in total. The summed E-state index contributed by atoms with van der Waals surface area (Å²) in [5, 5.41) is 19.6. The number of nitro groups is 1. The molecule has 0 heterocycles. The SMILES string of the molecule is COc1cc(CCN)c([N+](=O)[O-])cc1OCCCC(=O)O. The summed E-state index contributed by atoms with van der Waals surface area (Å²) in [4.78, 5) is 21.0. The largest absolute Gasteiger partial charge is 0.493 e. The van der Waals surface area contributed by atoms with E-state index >= 15 is 0 Å². The van der Waals surface area contributed by atoms with E-state index in [9.17, 15) is 14.9 Å². The summed E-state index contributed by atoms with van der Waals surface area (Å²) in [5.74, 6) is -0.343. The van der Waals surface area contributed by atoms with Crippen LogP contribution in [-0.2, 0) is 11.2 Å². The maximum atomic E-state index is 11.1. The first-order valence-corrected chi connectivity index (χ1v) is 6.39. The van der Waals surface area contributed by atoms with Crippen molar-refractivity contribution in [3.63, 3.8) is 0 Å². The van der Waals surface area contributed by atoms with E-state index in [1.165, 1.54) is 19.2 Å². The second-order valence-electron chi connectivity index (χ2n) is 4.27. The summed E-state index contributed by atoms with van der Waals surface area (Å²) >= 11 is 0. The van der Waals surface area contributed by atoms with Crippen LogP contribution in [0.2, 0.25) is 0 Å². The third-order valence-corrected chi connectivity index (χ3v) is 2.77. The Labute approximate surface area is 121 Å². The third kappa shape index (κ3) is 4.92. The molecule has 21 heavy (non-hydrogen) atoms. The fourth-order valence-electron chi connectivity index (χ4n) is 1.79. The molecule has 0 aromatic heterocycles. The highest BCUT2D eigenvalue weighted by molar-refractivity contribution is 5.66. The molecule has 0 amide bonds. The highest BCUT2D eigenvalue weighted by Gasteiger charge is 2.19. The maximum absolute atomic E-state index is 11.1. The third-order valence-electron chi connectivity index (χ3n) is 2.77. The Kier molecular flexibility index (Phi) is 6.41. The minimum Gasteiger partial charge on any atom is -0.493 e. The molecule has 0 radical (unpaired) electrons. The second-order valence-corrected chi connectivity index (χ2v) is 4.27. The van der Waals surface area contributed by atoms with Crippen molar-refractivity contribution in [1.82, 2.24) is 0 Å². The molecular formula is C13H18N2O6. The van der Waals surface area contributed by atoms with Crippen LogP contribution in [0.4, 0.5) is 5.69 Å². The summed E-state index contributed by atoms with van der Waals surface area (Å²) < 4.78 is 10.5. The van der Waals surface area contributed by atoms with Crippen molar-refractivity contribution in [2.24, 2.45) is 5.73 Å². The lowest BCUT2D eigenvalue weighted by Crippen LogP contribution is -2.07. The Hall–Kier alpha value is -2.35. The van der Waals surface area contributed by atoms with Gasteiger partial charge in [-0.2, -0.15) is 0 Å². The number of hydrogen-bond acceptors (Lipinski definition) is 6. The number of rotatable bonds is 9. The lowest BCUT2D eigenvalue weighted by molar-refractivity contribution is -0.385. The number of benzene rings is 1. The molecular weight excluding hydrogens is 280 g/mol. The molecule has 0 unspecified atom stereocenters. The minimum atomic E-state index is -0.921. The van der Waals surface area contributed by atoms with Crippen LogP contribution in [0.3, 0.4) is 0 Å².